The molecule has 6 nitrogen and oxygen atoms in total. The zero-order chi connectivity index (χ0) is 21.5. The van der Waals surface area contributed by atoms with Crippen molar-refractivity contribution in [1.82, 2.24) is 9.13 Å². The molecule has 1 heterocycles. The molecule has 1 aromatic heterocycles. The van der Waals surface area contributed by atoms with Crippen LogP contribution >= 0.6 is 0 Å². The summed E-state index contributed by atoms with van der Waals surface area (Å²) in [6.07, 6.45) is 2.33. The van der Waals surface area contributed by atoms with E-state index in [0.717, 1.165) is 35.2 Å². The molecule has 0 bridgehead atoms. The quantitative estimate of drug-likeness (QED) is 0.480. The van der Waals surface area contributed by atoms with E-state index in [2.05, 4.69) is 11.4 Å². The molecule has 1 fully saturated rings. The summed E-state index contributed by atoms with van der Waals surface area (Å²) in [7, 11) is 3.16. The summed E-state index contributed by atoms with van der Waals surface area (Å²) in [6.45, 7) is 0. The van der Waals surface area contributed by atoms with Crippen LogP contribution in [0.2, 0.25) is 0 Å². The van der Waals surface area contributed by atoms with Gasteiger partial charge in [0.15, 0.2) is 0 Å². The van der Waals surface area contributed by atoms with E-state index in [1.165, 1.54) is 12.7 Å². The van der Waals surface area contributed by atoms with Crippen molar-refractivity contribution in [2.24, 2.45) is 7.05 Å². The van der Waals surface area contributed by atoms with Gasteiger partial charge in [0.25, 0.3) is 0 Å². The van der Waals surface area contributed by atoms with Gasteiger partial charge in [-0.25, -0.2) is 9.59 Å². The maximum atomic E-state index is 12.9. The summed E-state index contributed by atoms with van der Waals surface area (Å²) in [6, 6.07) is 21.2. The topological polar surface area (TPSA) is 65.3 Å². The first kappa shape index (κ1) is 19.2. The molecule has 0 amide bonds. The van der Waals surface area contributed by atoms with Crippen LogP contribution in [0, 0.1) is 0 Å². The number of anilines is 2. The molecule has 6 heteroatoms. The van der Waals surface area contributed by atoms with E-state index in [1.54, 1.807) is 16.2 Å². The van der Waals surface area contributed by atoms with Crippen LogP contribution in [0.5, 0.6) is 0 Å². The van der Waals surface area contributed by atoms with Crippen molar-refractivity contribution in [2.45, 2.75) is 18.8 Å². The molecule has 1 N–H and O–H groups in total. The summed E-state index contributed by atoms with van der Waals surface area (Å²) < 4.78 is 8.33. The number of ether oxygens (including phenoxy) is 1. The highest BCUT2D eigenvalue weighted by Crippen LogP contribution is 2.41. The van der Waals surface area contributed by atoms with Gasteiger partial charge in [-0.15, -0.1) is 0 Å². The van der Waals surface area contributed by atoms with Gasteiger partial charge in [0, 0.05) is 12.7 Å². The summed E-state index contributed by atoms with van der Waals surface area (Å²) in [5, 5.41) is 3.34. The number of aromatic nitrogens is 2. The van der Waals surface area contributed by atoms with Crippen molar-refractivity contribution >= 4 is 28.4 Å². The molecule has 0 radical (unpaired) electrons. The van der Waals surface area contributed by atoms with Gasteiger partial charge in [-0.05, 0) is 66.8 Å². The van der Waals surface area contributed by atoms with E-state index in [9.17, 15) is 9.59 Å². The molecule has 1 aliphatic carbocycles. The molecule has 0 aliphatic heterocycles. The number of nitrogens with zero attached hydrogens (tertiary/aromatic N) is 2. The van der Waals surface area contributed by atoms with Crippen molar-refractivity contribution in [3.05, 3.63) is 88.3 Å². The van der Waals surface area contributed by atoms with Crippen LogP contribution < -0.4 is 11.0 Å². The van der Waals surface area contributed by atoms with E-state index in [4.69, 9.17) is 4.74 Å². The first-order valence-corrected chi connectivity index (χ1v) is 10.3. The first-order valence-electron chi connectivity index (χ1n) is 10.3. The molecule has 0 unspecified atom stereocenters. The molecule has 1 aliphatic rings. The molecule has 31 heavy (non-hydrogen) atoms. The normalized spacial score (nSPS) is 13.4. The van der Waals surface area contributed by atoms with Crippen LogP contribution in [0.25, 0.3) is 16.7 Å². The predicted molar refractivity (Wildman–Crippen MR) is 122 cm³/mol. The fourth-order valence-electron chi connectivity index (χ4n) is 4.02. The van der Waals surface area contributed by atoms with Gasteiger partial charge in [-0.1, -0.05) is 24.3 Å². The molecule has 5 rings (SSSR count). The molecule has 3 aromatic carbocycles. The highest BCUT2D eigenvalue weighted by Gasteiger charge is 2.25. The number of benzene rings is 3. The maximum Gasteiger partial charge on any atom is 0.339 e. The highest BCUT2D eigenvalue weighted by atomic mass is 16.5. The minimum atomic E-state index is -0.367. The number of carbonyl (C=O) groups is 1. The lowest BCUT2D eigenvalue weighted by Crippen LogP contribution is -2.20. The lowest BCUT2D eigenvalue weighted by Gasteiger charge is -2.13. The van der Waals surface area contributed by atoms with Crippen molar-refractivity contribution in [1.29, 1.82) is 0 Å². The second kappa shape index (κ2) is 7.47. The number of esters is 1. The number of methoxy groups -OCH3 is 1. The second-order valence-electron chi connectivity index (χ2n) is 7.91. The number of aryl methyl sites for hydroxylation is 1. The summed E-state index contributed by atoms with van der Waals surface area (Å²) in [5.74, 6) is 0.176. The average molecular weight is 413 g/mol. The van der Waals surface area contributed by atoms with Gasteiger partial charge in [0.2, 0.25) is 0 Å². The molecular weight excluding hydrogens is 390 g/mol. The molecule has 1 saturated carbocycles. The Labute approximate surface area is 179 Å². The lowest BCUT2D eigenvalue weighted by molar-refractivity contribution is 0.0602. The number of carbonyl (C=O) groups excluding carboxylic acids is 1. The first-order chi connectivity index (χ1) is 15.1. The van der Waals surface area contributed by atoms with E-state index in [1.807, 2.05) is 60.7 Å². The Kier molecular flexibility index (Phi) is 4.62. The van der Waals surface area contributed by atoms with Crippen LogP contribution in [-0.4, -0.2) is 22.2 Å². The lowest BCUT2D eigenvalue weighted by atomic mass is 10.0. The van der Waals surface area contributed by atoms with Crippen LogP contribution in [0.1, 0.15) is 34.7 Å². The van der Waals surface area contributed by atoms with E-state index < -0.39 is 0 Å². The Morgan fingerprint density at radius 3 is 2.48 bits per heavy atom. The number of hydrogen-bond donors (Lipinski definition) is 1. The number of nitrogens with one attached hydrogen (secondary N) is 1. The Hall–Kier alpha value is -3.80. The van der Waals surface area contributed by atoms with Crippen LogP contribution in [-0.2, 0) is 11.8 Å². The minimum absolute atomic E-state index is 0.109. The SMILES string of the molecule is COC(=O)c1cc(C2CC2)ccc1Nc1ccc2c(c1)n(C)c(=O)n2-c1ccccc1. The smallest absolute Gasteiger partial charge is 0.339 e. The number of rotatable bonds is 5. The zero-order valence-corrected chi connectivity index (χ0v) is 17.5. The second-order valence-corrected chi connectivity index (χ2v) is 7.91. The minimum Gasteiger partial charge on any atom is -0.465 e. The van der Waals surface area contributed by atoms with Crippen LogP contribution in [0.4, 0.5) is 11.4 Å². The number of hydrogen-bond acceptors (Lipinski definition) is 4. The molecule has 4 aromatic rings. The van der Waals surface area contributed by atoms with Gasteiger partial charge >= 0.3 is 11.7 Å². The molecule has 0 saturated heterocycles. The Bertz CT molecular complexity index is 1350. The Morgan fingerprint density at radius 2 is 1.77 bits per heavy atom. The molecule has 156 valence electrons. The van der Waals surface area contributed by atoms with Gasteiger partial charge in [-0.3, -0.25) is 9.13 Å². The third kappa shape index (κ3) is 3.40. The Balaban J connectivity index is 1.56. The largest absolute Gasteiger partial charge is 0.465 e. The van der Waals surface area contributed by atoms with Crippen molar-refractivity contribution in [2.75, 3.05) is 12.4 Å². The number of imidazole rings is 1. The van der Waals surface area contributed by atoms with E-state index >= 15 is 0 Å². The summed E-state index contributed by atoms with van der Waals surface area (Å²) >= 11 is 0. The fraction of sp³-hybridized carbons (Fsp3) is 0.200. The van der Waals surface area contributed by atoms with Crippen molar-refractivity contribution in [3.8, 4) is 5.69 Å². The molecule has 0 spiro atoms. The maximum absolute atomic E-state index is 12.9. The Morgan fingerprint density at radius 1 is 1.00 bits per heavy atom. The van der Waals surface area contributed by atoms with E-state index in [-0.39, 0.29) is 11.7 Å². The highest BCUT2D eigenvalue weighted by molar-refractivity contribution is 5.97. The predicted octanol–water partition coefficient (Wildman–Crippen LogP) is 4.74. The fourth-order valence-corrected chi connectivity index (χ4v) is 4.02. The zero-order valence-electron chi connectivity index (χ0n) is 17.5. The summed E-state index contributed by atoms with van der Waals surface area (Å²) in [4.78, 5) is 25.3. The van der Waals surface area contributed by atoms with Gasteiger partial charge in [0.05, 0.1) is 35.1 Å². The van der Waals surface area contributed by atoms with Crippen LogP contribution in [0.3, 0.4) is 0 Å². The average Bonchev–Trinajstić information content (AvgIpc) is 3.62. The van der Waals surface area contributed by atoms with Crippen molar-refractivity contribution < 1.29 is 9.53 Å². The number of para-hydroxylation sites is 1. The van der Waals surface area contributed by atoms with E-state index in [0.29, 0.717) is 17.2 Å². The monoisotopic (exact) mass is 413 g/mol. The molecule has 0 atom stereocenters. The standard InChI is InChI=1S/C25H23N3O3/c1-27-23-15-18(11-13-22(23)28(25(27)30)19-6-4-3-5-7-19)26-21-12-10-17(16-8-9-16)14-20(21)24(29)31-2/h3-7,10-16,26H,8-9H2,1-2H3. The van der Waals surface area contributed by atoms with Gasteiger partial charge in [0.1, 0.15) is 0 Å². The molecular formula is C25H23N3O3. The third-order valence-electron chi connectivity index (χ3n) is 5.85. The number of fused-ring (bicyclic) bond motifs is 1. The summed E-state index contributed by atoms with van der Waals surface area (Å²) in [5.41, 5.74) is 5.49. The van der Waals surface area contributed by atoms with Crippen molar-refractivity contribution in [3.63, 3.8) is 0 Å². The van der Waals surface area contributed by atoms with Gasteiger partial charge < -0.3 is 10.1 Å². The third-order valence-corrected chi connectivity index (χ3v) is 5.85. The van der Waals surface area contributed by atoms with Gasteiger partial charge in [-0.2, -0.15) is 0 Å². The van der Waals surface area contributed by atoms with Crippen LogP contribution in [0.15, 0.2) is 71.5 Å².